The maximum Gasteiger partial charge on any atom is 0.143 e. The zero-order valence-corrected chi connectivity index (χ0v) is 36.3. The second kappa shape index (κ2) is 14.2. The van der Waals surface area contributed by atoms with Crippen LogP contribution < -0.4 is 4.90 Å². The van der Waals surface area contributed by atoms with E-state index in [1.54, 1.807) is 0 Å². The Hall–Kier alpha value is -7.72. The summed E-state index contributed by atoms with van der Waals surface area (Å²) in [7, 11) is 0. The predicted molar refractivity (Wildman–Crippen MR) is 273 cm³/mol. The van der Waals surface area contributed by atoms with Crippen LogP contribution in [0, 0.1) is 0 Å². The minimum Gasteiger partial charge on any atom is -0.455 e. The minimum absolute atomic E-state index is 0.134. The van der Waals surface area contributed by atoms with Crippen LogP contribution >= 0.6 is 11.3 Å². The van der Waals surface area contributed by atoms with Gasteiger partial charge in [-0.3, -0.25) is 0 Å². The standard InChI is InChI=1S/C61H41NOS/c1-61(2)52-24-11-8-17-45(52)46-36-35-43(37-53(46)61)62(41-31-27-38(28-32-41)44-22-14-23-49-47-18-9-12-25-54(47)63-59(44)49)42-33-29-40(30-34-42)57-56(39-15-4-3-5-16-39)48-19-6-7-20-50(48)60-58(57)51-21-10-13-26-55(51)64-60/h3-37H,1-2H3. The quantitative estimate of drug-likeness (QED) is 0.166. The molecule has 0 saturated carbocycles. The van der Waals surface area contributed by atoms with Crippen molar-refractivity contribution in [3.05, 3.63) is 223 Å². The average Bonchev–Trinajstić information content (AvgIpc) is 4.00. The highest BCUT2D eigenvalue weighted by Gasteiger charge is 2.36. The van der Waals surface area contributed by atoms with Gasteiger partial charge in [0.1, 0.15) is 11.2 Å². The Morgan fingerprint density at radius 2 is 0.984 bits per heavy atom. The number of hydrogen-bond acceptors (Lipinski definition) is 3. The van der Waals surface area contributed by atoms with E-state index in [9.17, 15) is 0 Å². The van der Waals surface area contributed by atoms with Gasteiger partial charge in [0.05, 0.1) is 0 Å². The first-order valence-electron chi connectivity index (χ1n) is 22.1. The van der Waals surface area contributed by atoms with Gasteiger partial charge in [0.2, 0.25) is 0 Å². The molecule has 2 nitrogen and oxygen atoms in total. The Kier molecular flexibility index (Phi) is 8.16. The lowest BCUT2D eigenvalue weighted by Crippen LogP contribution is -2.16. The van der Waals surface area contributed by atoms with Gasteiger partial charge in [-0.15, -0.1) is 11.3 Å². The topological polar surface area (TPSA) is 16.4 Å². The van der Waals surface area contributed by atoms with Crippen LogP contribution in [-0.2, 0) is 5.41 Å². The van der Waals surface area contributed by atoms with Crippen LogP contribution in [0.2, 0.25) is 0 Å². The molecule has 12 aromatic rings. The molecule has 2 aromatic heterocycles. The lowest BCUT2D eigenvalue weighted by atomic mass is 9.82. The van der Waals surface area contributed by atoms with E-state index in [4.69, 9.17) is 4.42 Å². The maximum atomic E-state index is 6.49. The Morgan fingerprint density at radius 1 is 0.406 bits per heavy atom. The number of nitrogens with zero attached hydrogens (tertiary/aromatic N) is 1. The number of anilines is 3. The molecule has 3 heteroatoms. The van der Waals surface area contributed by atoms with Gasteiger partial charge in [-0.25, -0.2) is 0 Å². The van der Waals surface area contributed by atoms with Gasteiger partial charge in [-0.2, -0.15) is 0 Å². The van der Waals surface area contributed by atoms with Crippen LogP contribution in [-0.4, -0.2) is 0 Å². The molecule has 0 amide bonds. The molecule has 2 heterocycles. The Morgan fingerprint density at radius 3 is 1.78 bits per heavy atom. The number of rotatable bonds is 6. The van der Waals surface area contributed by atoms with Crippen molar-refractivity contribution in [3.63, 3.8) is 0 Å². The summed E-state index contributed by atoms with van der Waals surface area (Å²) in [5.41, 5.74) is 17.5. The summed E-state index contributed by atoms with van der Waals surface area (Å²) in [6.07, 6.45) is 0. The van der Waals surface area contributed by atoms with Crippen molar-refractivity contribution < 1.29 is 4.42 Å². The molecule has 1 aliphatic rings. The summed E-state index contributed by atoms with van der Waals surface area (Å²) in [5.74, 6) is 0. The highest BCUT2D eigenvalue weighted by Crippen LogP contribution is 2.53. The van der Waals surface area contributed by atoms with Gasteiger partial charge >= 0.3 is 0 Å². The largest absolute Gasteiger partial charge is 0.455 e. The molecule has 0 unspecified atom stereocenters. The zero-order chi connectivity index (χ0) is 42.5. The normalized spacial score (nSPS) is 13.0. The summed E-state index contributed by atoms with van der Waals surface area (Å²) < 4.78 is 9.12. The van der Waals surface area contributed by atoms with Gasteiger partial charge in [0.25, 0.3) is 0 Å². The highest BCUT2D eigenvalue weighted by atomic mass is 32.1. The fourth-order valence-electron chi connectivity index (χ4n) is 10.7. The van der Waals surface area contributed by atoms with E-state index in [-0.39, 0.29) is 5.41 Å². The van der Waals surface area contributed by atoms with E-state index in [1.165, 1.54) is 75.5 Å². The van der Waals surface area contributed by atoms with Crippen molar-refractivity contribution in [2.75, 3.05) is 4.90 Å². The molecule has 64 heavy (non-hydrogen) atoms. The van der Waals surface area contributed by atoms with E-state index in [0.29, 0.717) is 0 Å². The SMILES string of the molecule is CC1(C)c2ccccc2-c2ccc(N(c3ccc(-c4cccc5c4oc4ccccc45)cc3)c3ccc(-c4c(-c5ccccc5)c5ccccc5c5sc6ccccc6c45)cc3)cc21. The van der Waals surface area contributed by atoms with Crippen LogP contribution in [0.25, 0.3) is 97.4 Å². The third kappa shape index (κ3) is 5.51. The van der Waals surface area contributed by atoms with Gasteiger partial charge in [-0.05, 0) is 104 Å². The second-order valence-corrected chi connectivity index (χ2v) is 18.6. The van der Waals surface area contributed by atoms with Crippen LogP contribution in [0.4, 0.5) is 17.1 Å². The molecular formula is C61H41NOS. The van der Waals surface area contributed by atoms with E-state index in [1.807, 2.05) is 17.4 Å². The van der Waals surface area contributed by atoms with Crippen LogP contribution in [0.3, 0.4) is 0 Å². The molecule has 13 rings (SSSR count). The molecule has 0 bridgehead atoms. The van der Waals surface area contributed by atoms with Crippen LogP contribution in [0.1, 0.15) is 25.0 Å². The molecule has 0 atom stereocenters. The lowest BCUT2D eigenvalue weighted by molar-refractivity contribution is 0.660. The number of thiophene rings is 1. The van der Waals surface area contributed by atoms with Crippen molar-refractivity contribution in [1.82, 2.24) is 0 Å². The third-order valence-corrected chi connectivity index (χ3v) is 14.9. The summed E-state index contributed by atoms with van der Waals surface area (Å²) in [6.45, 7) is 4.72. The van der Waals surface area contributed by atoms with Gasteiger partial charge in [0, 0.05) is 64.4 Å². The number of fused-ring (bicyclic) bond motifs is 11. The fourth-order valence-corrected chi connectivity index (χ4v) is 11.9. The Labute approximate surface area is 375 Å². The van der Waals surface area contributed by atoms with E-state index < -0.39 is 0 Å². The first-order valence-corrected chi connectivity index (χ1v) is 22.9. The van der Waals surface area contributed by atoms with E-state index in [0.717, 1.165) is 50.1 Å². The molecule has 0 saturated heterocycles. The molecule has 0 radical (unpaired) electrons. The smallest absolute Gasteiger partial charge is 0.143 e. The highest BCUT2D eigenvalue weighted by molar-refractivity contribution is 7.26. The van der Waals surface area contributed by atoms with Crippen molar-refractivity contribution in [3.8, 4) is 44.5 Å². The summed E-state index contributed by atoms with van der Waals surface area (Å²) >= 11 is 1.90. The molecule has 0 aliphatic heterocycles. The van der Waals surface area contributed by atoms with Crippen molar-refractivity contribution in [1.29, 1.82) is 0 Å². The predicted octanol–water partition coefficient (Wildman–Crippen LogP) is 17.9. The van der Waals surface area contributed by atoms with Crippen LogP contribution in [0.15, 0.2) is 217 Å². The lowest BCUT2D eigenvalue weighted by Gasteiger charge is -2.28. The van der Waals surface area contributed by atoms with Crippen molar-refractivity contribution in [2.45, 2.75) is 19.3 Å². The Bertz CT molecular complexity index is 3800. The van der Waals surface area contributed by atoms with Crippen LogP contribution in [0.5, 0.6) is 0 Å². The molecule has 10 aromatic carbocycles. The fraction of sp³-hybridized carbons (Fsp3) is 0.0492. The number of hydrogen-bond donors (Lipinski definition) is 0. The molecule has 0 spiro atoms. The summed E-state index contributed by atoms with van der Waals surface area (Å²) in [5, 5.41) is 7.46. The number of benzene rings is 10. The first kappa shape index (κ1) is 36.9. The van der Waals surface area contributed by atoms with E-state index in [2.05, 4.69) is 225 Å². The van der Waals surface area contributed by atoms with Crippen molar-refractivity contribution in [2.24, 2.45) is 0 Å². The summed E-state index contributed by atoms with van der Waals surface area (Å²) in [4.78, 5) is 2.42. The molecule has 0 N–H and O–H groups in total. The molecule has 302 valence electrons. The average molecular weight is 836 g/mol. The third-order valence-electron chi connectivity index (χ3n) is 13.7. The second-order valence-electron chi connectivity index (χ2n) is 17.6. The monoisotopic (exact) mass is 835 g/mol. The van der Waals surface area contributed by atoms with Crippen molar-refractivity contribution >= 4 is 81.3 Å². The first-order chi connectivity index (χ1) is 31.5. The molecule has 1 aliphatic carbocycles. The molecule has 0 fully saturated rings. The summed E-state index contributed by atoms with van der Waals surface area (Å²) in [6, 6.07) is 77.8. The van der Waals surface area contributed by atoms with Gasteiger partial charge in [0.15, 0.2) is 0 Å². The van der Waals surface area contributed by atoms with E-state index >= 15 is 0 Å². The Balaban J connectivity index is 0.997. The number of furan rings is 1. The number of para-hydroxylation sites is 2. The maximum absolute atomic E-state index is 6.49. The van der Waals surface area contributed by atoms with Gasteiger partial charge < -0.3 is 9.32 Å². The minimum atomic E-state index is -0.134. The van der Waals surface area contributed by atoms with Gasteiger partial charge in [-0.1, -0.05) is 178 Å². The zero-order valence-electron chi connectivity index (χ0n) is 35.5. The molecular weight excluding hydrogens is 795 g/mol.